The second kappa shape index (κ2) is 19.8. The molecule has 8 nitrogen and oxygen atoms in total. The molecule has 1 aliphatic carbocycles. The van der Waals surface area contributed by atoms with Crippen LogP contribution in [0, 0.1) is 17.8 Å². The molecule has 1 aliphatic rings. The molecule has 0 saturated carbocycles. The first-order valence-electron chi connectivity index (χ1n) is 19.4. The van der Waals surface area contributed by atoms with Gasteiger partial charge in [0.25, 0.3) is 0 Å². The smallest absolute Gasteiger partial charge is 0.165 e. The number of phenolic OH excluding ortho intramolecular Hbond substituents is 2. The second-order valence-electron chi connectivity index (χ2n) is 14.6. The summed E-state index contributed by atoms with van der Waals surface area (Å²) in [5.74, 6) is 7.19. The Morgan fingerprint density at radius 3 is 2.54 bits per heavy atom. The van der Waals surface area contributed by atoms with Crippen molar-refractivity contribution in [3.8, 4) is 29.1 Å². The van der Waals surface area contributed by atoms with E-state index in [1.54, 1.807) is 36.5 Å². The lowest BCUT2D eigenvalue weighted by Crippen LogP contribution is -2.20. The van der Waals surface area contributed by atoms with Crippen LogP contribution >= 0.6 is 0 Å². The van der Waals surface area contributed by atoms with Crippen molar-refractivity contribution in [3.63, 3.8) is 0 Å². The molecule has 7 N–H and O–H groups in total. The lowest BCUT2D eigenvalue weighted by molar-refractivity contribution is -0.114. The van der Waals surface area contributed by atoms with E-state index in [4.69, 9.17) is 16.2 Å². The van der Waals surface area contributed by atoms with E-state index in [-0.39, 0.29) is 36.1 Å². The summed E-state index contributed by atoms with van der Waals surface area (Å²) >= 11 is 0. The zero-order valence-electron chi connectivity index (χ0n) is 31.7. The number of aromatic nitrogens is 1. The number of hydrogen-bond acceptors (Lipinski definition) is 7. The Labute approximate surface area is 320 Å². The van der Waals surface area contributed by atoms with Crippen LogP contribution in [-0.4, -0.2) is 33.4 Å². The maximum atomic E-state index is 13.7. The number of phenols is 2. The van der Waals surface area contributed by atoms with Crippen LogP contribution in [0.25, 0.3) is 0 Å². The quantitative estimate of drug-likeness (QED) is 0.0297. The summed E-state index contributed by atoms with van der Waals surface area (Å²) in [7, 11) is 0. The number of hydrogen-bond donors (Lipinski definition) is 5. The third-order valence-corrected chi connectivity index (χ3v) is 10.3. The minimum Gasteiger partial charge on any atom is -0.508 e. The SMILES string of the molecule is CCCCC[C@H](C)CCC/C=C/C(=O)CCc1ccc(O)c(OCCc2ccc(O)c([C@H]3CC(=O)c4cc[nH]c4CC#Cc4cc(C(N)N)ccc43)c2)c1. The van der Waals surface area contributed by atoms with E-state index in [9.17, 15) is 19.8 Å². The van der Waals surface area contributed by atoms with Gasteiger partial charge in [-0.2, -0.15) is 0 Å². The molecule has 0 fully saturated rings. The number of ketones is 2. The van der Waals surface area contributed by atoms with Crippen molar-refractivity contribution in [2.75, 3.05) is 6.61 Å². The summed E-state index contributed by atoms with van der Waals surface area (Å²) in [6.45, 7) is 4.81. The lowest BCUT2D eigenvalue weighted by Gasteiger charge is -2.22. The number of rotatable bonds is 18. The van der Waals surface area contributed by atoms with Crippen LogP contribution in [0.5, 0.6) is 17.2 Å². The van der Waals surface area contributed by atoms with Gasteiger partial charge >= 0.3 is 0 Å². The topological polar surface area (TPSA) is 152 Å². The molecule has 284 valence electrons. The molecule has 0 radical (unpaired) electrons. The molecule has 0 bridgehead atoms. The molecule has 3 aromatic carbocycles. The van der Waals surface area contributed by atoms with E-state index < -0.39 is 12.1 Å². The monoisotopic (exact) mass is 729 g/mol. The average Bonchev–Trinajstić information content (AvgIpc) is 3.63. The molecule has 54 heavy (non-hydrogen) atoms. The summed E-state index contributed by atoms with van der Waals surface area (Å²) < 4.78 is 6.04. The zero-order chi connectivity index (χ0) is 38.5. The summed E-state index contributed by atoms with van der Waals surface area (Å²) in [6, 6.07) is 18.0. The van der Waals surface area contributed by atoms with Crippen LogP contribution in [0.3, 0.4) is 0 Å². The number of unbranched alkanes of at least 4 members (excludes halogenated alkanes) is 3. The minimum absolute atomic E-state index is 0.0266. The van der Waals surface area contributed by atoms with Crippen LogP contribution in [0.4, 0.5) is 0 Å². The van der Waals surface area contributed by atoms with Crippen LogP contribution in [0.2, 0.25) is 0 Å². The summed E-state index contributed by atoms with van der Waals surface area (Å²) in [6.07, 6.45) is 15.1. The Bertz CT molecular complexity index is 1980. The molecule has 0 amide bonds. The molecular weight excluding hydrogens is 675 g/mol. The van der Waals surface area contributed by atoms with Gasteiger partial charge in [0.2, 0.25) is 0 Å². The van der Waals surface area contributed by atoms with Gasteiger partial charge in [0.1, 0.15) is 5.75 Å². The van der Waals surface area contributed by atoms with E-state index in [0.717, 1.165) is 46.7 Å². The second-order valence-corrected chi connectivity index (χ2v) is 14.6. The summed E-state index contributed by atoms with van der Waals surface area (Å²) in [5.41, 5.74) is 18.0. The number of carbonyl (C=O) groups is 2. The van der Waals surface area contributed by atoms with Gasteiger partial charge in [0.05, 0.1) is 19.2 Å². The fraction of sp³-hybridized carbons (Fsp3) is 0.391. The fourth-order valence-electron chi connectivity index (χ4n) is 7.10. The van der Waals surface area contributed by atoms with Gasteiger partial charge in [-0.1, -0.05) is 94.2 Å². The third kappa shape index (κ3) is 11.2. The number of fused-ring (bicyclic) bond motifs is 2. The number of nitrogens with one attached hydrogen (secondary N) is 1. The number of aromatic amines is 1. The number of carbonyl (C=O) groups excluding carboxylic acids is 2. The number of aromatic hydroxyl groups is 2. The first kappa shape index (κ1) is 40.1. The van der Waals surface area contributed by atoms with Crippen LogP contribution in [-0.2, 0) is 24.1 Å². The number of nitrogens with two attached hydrogens (primary N) is 2. The Hall–Kier alpha value is -5.10. The van der Waals surface area contributed by atoms with Crippen molar-refractivity contribution < 1.29 is 24.5 Å². The van der Waals surface area contributed by atoms with Gasteiger partial charge in [0, 0.05) is 53.8 Å². The van der Waals surface area contributed by atoms with Crippen LogP contribution < -0.4 is 16.2 Å². The lowest BCUT2D eigenvalue weighted by atomic mass is 9.81. The first-order valence-corrected chi connectivity index (χ1v) is 19.4. The summed E-state index contributed by atoms with van der Waals surface area (Å²) in [4.78, 5) is 29.4. The number of benzene rings is 3. The van der Waals surface area contributed by atoms with Crippen molar-refractivity contribution in [3.05, 3.63) is 124 Å². The molecule has 4 aromatic rings. The maximum absolute atomic E-state index is 13.7. The van der Waals surface area contributed by atoms with E-state index in [1.165, 1.54) is 32.1 Å². The van der Waals surface area contributed by atoms with Gasteiger partial charge in [-0.05, 0) is 83.8 Å². The summed E-state index contributed by atoms with van der Waals surface area (Å²) in [5, 5.41) is 21.7. The molecule has 0 aliphatic heterocycles. The molecule has 2 atom stereocenters. The van der Waals surface area contributed by atoms with Crippen LogP contribution in [0.15, 0.2) is 79.0 Å². The number of ether oxygens (including phenoxy) is 1. The molecule has 8 heteroatoms. The highest BCUT2D eigenvalue weighted by molar-refractivity contribution is 5.98. The Balaban J connectivity index is 1.22. The molecule has 1 aromatic heterocycles. The van der Waals surface area contributed by atoms with Gasteiger partial charge in [-0.25, -0.2) is 0 Å². The predicted molar refractivity (Wildman–Crippen MR) is 215 cm³/mol. The molecule has 0 spiro atoms. The van der Waals surface area contributed by atoms with Crippen LogP contribution in [0.1, 0.15) is 133 Å². The van der Waals surface area contributed by atoms with Crippen molar-refractivity contribution in [1.82, 2.24) is 4.98 Å². The molecule has 5 rings (SSSR count). The van der Waals surface area contributed by atoms with Gasteiger partial charge in [0.15, 0.2) is 23.1 Å². The maximum Gasteiger partial charge on any atom is 0.165 e. The standard InChI is InChI=1S/C46H55N3O5/c1-3-4-6-10-31(2)11-7-5-8-13-36(50)19-15-32-17-22-43(52)45(28-32)54-26-24-33-16-21-42(51)40(27-33)39-30-44(53)38-23-25-49-41(38)14-9-12-34-29-35(46(47)48)18-20-37(34)39/h8,13,16-18,20-23,25,27-29,31,39,46,49,51-52H,3-7,10-11,14-15,19,24,26,30,47-48H2,1-2H3/b13-8+/t31-,39-/m0/s1. The van der Waals surface area contributed by atoms with Crippen molar-refractivity contribution in [1.29, 1.82) is 0 Å². The van der Waals surface area contributed by atoms with E-state index in [1.807, 2.05) is 42.5 Å². The highest BCUT2D eigenvalue weighted by Crippen LogP contribution is 2.38. The van der Waals surface area contributed by atoms with Crippen molar-refractivity contribution in [2.45, 2.75) is 103 Å². The van der Waals surface area contributed by atoms with E-state index in [0.29, 0.717) is 48.1 Å². The largest absolute Gasteiger partial charge is 0.508 e. The highest BCUT2D eigenvalue weighted by Gasteiger charge is 2.27. The molecule has 0 saturated heterocycles. The Morgan fingerprint density at radius 2 is 1.74 bits per heavy atom. The van der Waals surface area contributed by atoms with E-state index in [2.05, 4.69) is 30.7 Å². The first-order chi connectivity index (χ1) is 26.1. The van der Waals surface area contributed by atoms with E-state index >= 15 is 0 Å². The third-order valence-electron chi connectivity index (χ3n) is 10.3. The normalized spacial score (nSPS) is 14.7. The average molecular weight is 730 g/mol. The Morgan fingerprint density at radius 1 is 0.963 bits per heavy atom. The van der Waals surface area contributed by atoms with Gasteiger partial charge in [-0.15, -0.1) is 0 Å². The van der Waals surface area contributed by atoms with Gasteiger partial charge < -0.3 is 31.4 Å². The molecule has 1 heterocycles. The Kier molecular flexibility index (Phi) is 14.7. The number of aryl methyl sites for hydroxylation is 1. The van der Waals surface area contributed by atoms with Gasteiger partial charge in [-0.3, -0.25) is 9.59 Å². The minimum atomic E-state index is -0.683. The number of Topliss-reactive ketones (excluding diaryl/α,β-unsaturated/α-hetero) is 1. The number of allylic oxidation sites excluding steroid dienone is 2. The molecular formula is C46H55N3O5. The predicted octanol–water partition coefficient (Wildman–Crippen LogP) is 8.72. The molecule has 0 unspecified atom stereocenters. The highest BCUT2D eigenvalue weighted by atomic mass is 16.5. The van der Waals surface area contributed by atoms with Crippen molar-refractivity contribution >= 4 is 11.6 Å². The zero-order valence-corrected chi connectivity index (χ0v) is 31.7. The van der Waals surface area contributed by atoms with Crippen molar-refractivity contribution in [2.24, 2.45) is 17.4 Å². The number of H-pyrrole nitrogens is 1. The fourth-order valence-corrected chi connectivity index (χ4v) is 7.10.